The van der Waals surface area contributed by atoms with E-state index >= 15 is 0 Å². The number of thiazole rings is 1. The molecule has 158 valence electrons. The molecule has 0 saturated carbocycles. The van der Waals surface area contributed by atoms with Crippen LogP contribution >= 0.6 is 34.7 Å². The van der Waals surface area contributed by atoms with Crippen LogP contribution in [-0.4, -0.2) is 25.7 Å². The summed E-state index contributed by atoms with van der Waals surface area (Å²) in [5, 5.41) is 15.4. The Kier molecular flexibility index (Phi) is 6.86. The standard InChI is InChI=1S/C21H18ClN5O2S2/c1-14(28)24-16-3-2-4-18(9-16)27-13-23-26-21(27)31-12-17-11-30-20(25-17)10-29-19-7-5-15(22)6-8-19/h2-9,11,13H,10,12H2,1H3,(H,24,28). The van der Waals surface area contributed by atoms with Crippen LogP contribution in [0.1, 0.15) is 17.6 Å². The van der Waals surface area contributed by atoms with E-state index in [0.717, 1.165) is 33.0 Å². The van der Waals surface area contributed by atoms with Gasteiger partial charge < -0.3 is 10.1 Å². The highest BCUT2D eigenvalue weighted by Gasteiger charge is 2.10. The van der Waals surface area contributed by atoms with Crippen LogP contribution in [-0.2, 0) is 17.2 Å². The molecule has 0 saturated heterocycles. The zero-order chi connectivity index (χ0) is 21.6. The summed E-state index contributed by atoms with van der Waals surface area (Å²) in [6, 6.07) is 14.8. The van der Waals surface area contributed by atoms with Crippen molar-refractivity contribution in [1.29, 1.82) is 0 Å². The van der Waals surface area contributed by atoms with E-state index in [4.69, 9.17) is 16.3 Å². The normalized spacial score (nSPS) is 10.8. The summed E-state index contributed by atoms with van der Waals surface area (Å²) < 4.78 is 7.63. The molecular formula is C21H18ClN5O2S2. The van der Waals surface area contributed by atoms with Gasteiger partial charge in [-0.2, -0.15) is 0 Å². The summed E-state index contributed by atoms with van der Waals surface area (Å²) in [5.41, 5.74) is 2.54. The molecule has 2 heterocycles. The van der Waals surface area contributed by atoms with Gasteiger partial charge in [0.1, 0.15) is 23.7 Å². The molecule has 10 heteroatoms. The lowest BCUT2D eigenvalue weighted by atomic mass is 10.2. The molecule has 1 N–H and O–H groups in total. The fourth-order valence-electron chi connectivity index (χ4n) is 2.73. The van der Waals surface area contributed by atoms with Gasteiger partial charge in [-0.05, 0) is 42.5 Å². The van der Waals surface area contributed by atoms with E-state index in [0.29, 0.717) is 17.4 Å². The number of nitrogens with zero attached hydrogens (tertiary/aromatic N) is 4. The Morgan fingerprint density at radius 1 is 1.26 bits per heavy atom. The number of anilines is 1. The molecule has 0 unspecified atom stereocenters. The van der Waals surface area contributed by atoms with E-state index in [1.54, 1.807) is 41.6 Å². The molecule has 2 aromatic carbocycles. The number of thioether (sulfide) groups is 1. The summed E-state index contributed by atoms with van der Waals surface area (Å²) in [6.45, 7) is 1.89. The first-order valence-corrected chi connectivity index (χ1v) is 11.5. The number of hydrogen-bond donors (Lipinski definition) is 1. The molecule has 0 radical (unpaired) electrons. The van der Waals surface area contributed by atoms with Crippen LogP contribution in [0.15, 0.2) is 65.4 Å². The highest BCUT2D eigenvalue weighted by Crippen LogP contribution is 2.26. The largest absolute Gasteiger partial charge is 0.486 e. The van der Waals surface area contributed by atoms with Crippen molar-refractivity contribution in [2.45, 2.75) is 24.4 Å². The van der Waals surface area contributed by atoms with Crippen LogP contribution in [0.3, 0.4) is 0 Å². The minimum absolute atomic E-state index is 0.116. The minimum atomic E-state index is -0.116. The van der Waals surface area contributed by atoms with Crippen LogP contribution in [0, 0.1) is 0 Å². The van der Waals surface area contributed by atoms with Gasteiger partial charge in [0, 0.05) is 28.8 Å². The average Bonchev–Trinajstić information content (AvgIpc) is 3.41. The van der Waals surface area contributed by atoms with Crippen molar-refractivity contribution in [2.24, 2.45) is 0 Å². The zero-order valence-electron chi connectivity index (χ0n) is 16.5. The number of hydrogen-bond acceptors (Lipinski definition) is 7. The maximum Gasteiger partial charge on any atom is 0.221 e. The fourth-order valence-corrected chi connectivity index (χ4v) is 4.49. The van der Waals surface area contributed by atoms with Crippen molar-refractivity contribution >= 4 is 46.3 Å². The van der Waals surface area contributed by atoms with Gasteiger partial charge in [0.15, 0.2) is 5.16 Å². The van der Waals surface area contributed by atoms with Crippen molar-refractivity contribution < 1.29 is 9.53 Å². The van der Waals surface area contributed by atoms with Crippen LogP contribution in [0.4, 0.5) is 5.69 Å². The topological polar surface area (TPSA) is 81.9 Å². The van der Waals surface area contributed by atoms with Gasteiger partial charge in [0.2, 0.25) is 5.91 Å². The summed E-state index contributed by atoms with van der Waals surface area (Å²) in [7, 11) is 0. The van der Waals surface area contributed by atoms with Crippen molar-refractivity contribution in [3.05, 3.63) is 76.0 Å². The molecule has 4 rings (SSSR count). The molecule has 0 aliphatic heterocycles. The number of carbonyl (C=O) groups is 1. The van der Waals surface area contributed by atoms with E-state index in [2.05, 4.69) is 20.5 Å². The molecule has 31 heavy (non-hydrogen) atoms. The molecule has 0 aliphatic carbocycles. The van der Waals surface area contributed by atoms with Gasteiger partial charge in [-0.25, -0.2) is 4.98 Å². The summed E-state index contributed by atoms with van der Waals surface area (Å²) in [5.74, 6) is 1.29. The number of ether oxygens (including phenoxy) is 1. The average molecular weight is 472 g/mol. The molecular weight excluding hydrogens is 454 g/mol. The van der Waals surface area contributed by atoms with Crippen LogP contribution in [0.5, 0.6) is 5.75 Å². The second kappa shape index (κ2) is 9.95. The summed E-state index contributed by atoms with van der Waals surface area (Å²) >= 11 is 8.99. The second-order valence-corrected chi connectivity index (χ2v) is 8.80. The number of aromatic nitrogens is 4. The van der Waals surface area contributed by atoms with Crippen molar-refractivity contribution in [3.8, 4) is 11.4 Å². The monoisotopic (exact) mass is 471 g/mol. The smallest absolute Gasteiger partial charge is 0.221 e. The second-order valence-electron chi connectivity index (χ2n) is 6.48. The van der Waals surface area contributed by atoms with Crippen molar-refractivity contribution in [3.63, 3.8) is 0 Å². The first-order valence-electron chi connectivity index (χ1n) is 9.29. The minimum Gasteiger partial charge on any atom is -0.486 e. The fraction of sp³-hybridized carbons (Fsp3) is 0.143. The zero-order valence-corrected chi connectivity index (χ0v) is 18.9. The van der Waals surface area contributed by atoms with Crippen molar-refractivity contribution in [2.75, 3.05) is 5.32 Å². The molecule has 4 aromatic rings. The van der Waals surface area contributed by atoms with Gasteiger partial charge >= 0.3 is 0 Å². The molecule has 0 bridgehead atoms. The maximum atomic E-state index is 11.3. The van der Waals surface area contributed by atoms with Gasteiger partial charge in [0.25, 0.3) is 0 Å². The SMILES string of the molecule is CC(=O)Nc1cccc(-n2cnnc2SCc2csc(COc3ccc(Cl)cc3)n2)c1. The Morgan fingerprint density at radius 3 is 2.90 bits per heavy atom. The van der Waals surface area contributed by atoms with Crippen LogP contribution in [0.25, 0.3) is 5.69 Å². The molecule has 0 aliphatic rings. The Labute approximate surface area is 192 Å². The number of nitrogens with one attached hydrogen (secondary N) is 1. The third-order valence-electron chi connectivity index (χ3n) is 4.09. The lowest BCUT2D eigenvalue weighted by Crippen LogP contribution is -2.06. The van der Waals surface area contributed by atoms with E-state index in [1.807, 2.05) is 46.3 Å². The van der Waals surface area contributed by atoms with Gasteiger partial charge in [-0.3, -0.25) is 9.36 Å². The molecule has 2 aromatic heterocycles. The Hall–Kier alpha value is -2.88. The van der Waals surface area contributed by atoms with Crippen LogP contribution in [0.2, 0.25) is 5.02 Å². The third kappa shape index (κ3) is 5.84. The Balaban J connectivity index is 1.37. The predicted molar refractivity (Wildman–Crippen MR) is 123 cm³/mol. The lowest BCUT2D eigenvalue weighted by molar-refractivity contribution is -0.114. The highest BCUT2D eigenvalue weighted by atomic mass is 35.5. The molecule has 1 amide bonds. The van der Waals surface area contributed by atoms with E-state index in [1.165, 1.54) is 6.92 Å². The molecule has 0 atom stereocenters. The van der Waals surface area contributed by atoms with Gasteiger partial charge in [-0.15, -0.1) is 21.5 Å². The first kappa shape index (κ1) is 21.4. The van der Waals surface area contributed by atoms with Gasteiger partial charge in [0.05, 0.1) is 11.4 Å². The summed E-state index contributed by atoms with van der Waals surface area (Å²) in [6.07, 6.45) is 1.65. The number of carbonyl (C=O) groups excluding carboxylic acids is 1. The number of amides is 1. The van der Waals surface area contributed by atoms with E-state index in [-0.39, 0.29) is 5.91 Å². The molecule has 0 fully saturated rings. The predicted octanol–water partition coefficient (Wildman–Crippen LogP) is 5.21. The number of benzene rings is 2. The Bertz CT molecular complexity index is 1180. The van der Waals surface area contributed by atoms with Crippen molar-refractivity contribution in [1.82, 2.24) is 19.7 Å². The maximum absolute atomic E-state index is 11.3. The highest BCUT2D eigenvalue weighted by molar-refractivity contribution is 7.98. The number of halogens is 1. The van der Waals surface area contributed by atoms with E-state index in [9.17, 15) is 4.79 Å². The first-order chi connectivity index (χ1) is 15.1. The van der Waals surface area contributed by atoms with Crippen LogP contribution < -0.4 is 10.1 Å². The van der Waals surface area contributed by atoms with Gasteiger partial charge in [-0.1, -0.05) is 29.4 Å². The lowest BCUT2D eigenvalue weighted by Gasteiger charge is -2.08. The quantitative estimate of drug-likeness (QED) is 0.355. The summed E-state index contributed by atoms with van der Waals surface area (Å²) in [4.78, 5) is 15.9. The third-order valence-corrected chi connectivity index (χ3v) is 6.19. The molecule has 7 nitrogen and oxygen atoms in total. The van der Waals surface area contributed by atoms with E-state index < -0.39 is 0 Å². The number of rotatable bonds is 8. The molecule has 0 spiro atoms. The Morgan fingerprint density at radius 2 is 2.10 bits per heavy atom.